The van der Waals surface area contributed by atoms with Crippen molar-refractivity contribution < 1.29 is 78.3 Å². The largest absolute Gasteiger partial charge is 1.00 e. The van der Waals surface area contributed by atoms with Crippen LogP contribution in [-0.2, 0) is 28.7 Å². The molecule has 3 atom stereocenters. The van der Waals surface area contributed by atoms with Crippen molar-refractivity contribution >= 4 is 52.5 Å². The van der Waals surface area contributed by atoms with Crippen LogP contribution in [0.25, 0.3) is 11.0 Å². The Kier molecular flexibility index (Phi) is 10.0. The number of phenols is 1. The molecule has 2 aliphatic heterocycles. The fourth-order valence-electron chi connectivity index (χ4n) is 4.83. The fraction of sp³-hybridized carbons (Fsp3) is 0.250. The van der Waals surface area contributed by atoms with Gasteiger partial charge in [-0.2, -0.15) is 0 Å². The van der Waals surface area contributed by atoms with E-state index in [0.29, 0.717) is 5.52 Å². The van der Waals surface area contributed by atoms with Crippen molar-refractivity contribution in [2.45, 2.75) is 24.1 Å². The summed E-state index contributed by atoms with van der Waals surface area (Å²) in [5.41, 5.74) is -2.14. The second-order valence-electron chi connectivity index (χ2n) is 9.68. The van der Waals surface area contributed by atoms with Crippen LogP contribution in [-0.4, -0.2) is 85.3 Å². The first-order valence-electron chi connectivity index (χ1n) is 12.9. The number of nitrogens with one attached hydrogen (secondary N) is 2. The smallest absolute Gasteiger partial charge is 0.543 e. The second kappa shape index (κ2) is 13.4. The van der Waals surface area contributed by atoms with Gasteiger partial charge in [0, 0.05) is 37.8 Å². The molecule has 0 aliphatic carbocycles. The van der Waals surface area contributed by atoms with E-state index in [4.69, 9.17) is 9.47 Å². The summed E-state index contributed by atoms with van der Waals surface area (Å²) in [6.07, 6.45) is 2.52. The van der Waals surface area contributed by atoms with Crippen molar-refractivity contribution in [2.75, 3.05) is 19.5 Å². The van der Waals surface area contributed by atoms with Crippen LogP contribution in [0.1, 0.15) is 28.9 Å². The maximum Gasteiger partial charge on any atom is 1.00 e. The number of fused-ring (bicyclic) bond motifs is 2. The number of ether oxygens (including phenoxy) is 2. The zero-order chi connectivity index (χ0) is 31.8. The summed E-state index contributed by atoms with van der Waals surface area (Å²) in [6.45, 7) is 0.770. The molecule has 1 unspecified atom stereocenters. The fourth-order valence-corrected chi connectivity index (χ4v) is 6.25. The van der Waals surface area contributed by atoms with E-state index in [0.717, 1.165) is 36.9 Å². The van der Waals surface area contributed by atoms with Crippen molar-refractivity contribution in [1.29, 1.82) is 0 Å². The number of aliphatic carboxylic acids is 1. The number of methoxy groups -OCH3 is 1. The van der Waals surface area contributed by atoms with Gasteiger partial charge in [0.15, 0.2) is 5.75 Å². The summed E-state index contributed by atoms with van der Waals surface area (Å²) < 4.78 is 10.4. The molecule has 2 aliphatic rings. The molecule has 1 saturated heterocycles. The van der Waals surface area contributed by atoms with Crippen LogP contribution in [0.15, 0.2) is 60.1 Å². The molecule has 3 aromatic rings. The van der Waals surface area contributed by atoms with Crippen LogP contribution >= 0.6 is 11.8 Å². The number of pyridine rings is 2. The number of β-lactam (4-membered cyclic amide) rings is 1. The van der Waals surface area contributed by atoms with Gasteiger partial charge in [0.2, 0.25) is 5.91 Å². The summed E-state index contributed by atoms with van der Waals surface area (Å²) in [5, 5.41) is 36.5. The molecule has 0 radical (unpaired) electrons. The Bertz CT molecular complexity index is 1740. The average molecular weight is 646 g/mol. The summed E-state index contributed by atoms with van der Waals surface area (Å²) in [5.74, 6) is -5.71. The number of thioether (sulfide) groups is 1. The number of rotatable bonds is 9. The first-order chi connectivity index (χ1) is 21.0. The van der Waals surface area contributed by atoms with Crippen molar-refractivity contribution in [1.82, 2.24) is 25.5 Å². The van der Waals surface area contributed by atoms with Gasteiger partial charge in [0.05, 0.1) is 17.2 Å². The number of carboxylic acid groups (broad SMARTS) is 1. The Balaban J connectivity index is 0.00000461. The van der Waals surface area contributed by atoms with Crippen LogP contribution in [0.2, 0.25) is 0 Å². The molecule has 1 fully saturated rings. The predicted octanol–water partition coefficient (Wildman–Crippen LogP) is -3.54. The third kappa shape index (κ3) is 6.19. The van der Waals surface area contributed by atoms with Gasteiger partial charge in [-0.15, -0.1) is 11.8 Å². The maximum atomic E-state index is 13.8. The van der Waals surface area contributed by atoms with Gasteiger partial charge in [-0.05, 0) is 29.8 Å². The van der Waals surface area contributed by atoms with Crippen LogP contribution in [0.3, 0.4) is 0 Å². The minimum Gasteiger partial charge on any atom is -0.543 e. The molecular formula is C28H24N5NaO10S. The summed E-state index contributed by atoms with van der Waals surface area (Å²) in [7, 11) is 1.15. The van der Waals surface area contributed by atoms with Gasteiger partial charge >= 0.3 is 35.5 Å². The molecule has 2 aromatic heterocycles. The summed E-state index contributed by atoms with van der Waals surface area (Å²) in [4.78, 5) is 73.0. The van der Waals surface area contributed by atoms with E-state index < -0.39 is 58.2 Å². The van der Waals surface area contributed by atoms with Crippen molar-refractivity contribution in [3.63, 3.8) is 0 Å². The number of carbonyl (C=O) groups excluding carboxylic acids is 5. The van der Waals surface area contributed by atoms with E-state index in [-0.39, 0.29) is 69.9 Å². The van der Waals surface area contributed by atoms with E-state index in [9.17, 15) is 39.3 Å². The minimum atomic E-state index is -2.05. The Labute approximate surface area is 281 Å². The van der Waals surface area contributed by atoms with Gasteiger partial charge in [-0.1, -0.05) is 12.1 Å². The number of aromatic hydroxyl groups is 2. The Hall–Kier alpha value is -4.22. The van der Waals surface area contributed by atoms with E-state index in [1.807, 2.05) is 0 Å². The molecule has 5 rings (SSSR count). The molecule has 0 saturated carbocycles. The van der Waals surface area contributed by atoms with Crippen molar-refractivity contribution in [3.05, 3.63) is 71.2 Å². The van der Waals surface area contributed by atoms with E-state index in [2.05, 4.69) is 20.6 Å². The van der Waals surface area contributed by atoms with Crippen molar-refractivity contribution in [2.24, 2.45) is 0 Å². The number of amides is 3. The quantitative estimate of drug-likeness (QED) is 0.0768. The van der Waals surface area contributed by atoms with Gasteiger partial charge in [-0.25, -0.2) is 0 Å². The van der Waals surface area contributed by atoms with E-state index >= 15 is 0 Å². The Morgan fingerprint density at radius 2 is 1.89 bits per heavy atom. The van der Waals surface area contributed by atoms with Gasteiger partial charge in [0.1, 0.15) is 34.9 Å². The van der Waals surface area contributed by atoms with Gasteiger partial charge in [0.25, 0.3) is 17.5 Å². The van der Waals surface area contributed by atoms with Gasteiger partial charge in [-0.3, -0.25) is 34.0 Å². The third-order valence-corrected chi connectivity index (χ3v) is 8.36. The normalized spacial score (nSPS) is 19.5. The molecule has 1 aromatic carbocycles. The molecule has 0 bridgehead atoms. The SMILES string of the molecule is CO[C@@]1(NC(=O)C(NC(=O)c2cnc3cccnc3c2O)c2ccc(O)cc2)C(=O)N2C(C(=O)[O-])=C(COC(C)=O)CS[C@H]21.[Na+]. The van der Waals surface area contributed by atoms with Crippen LogP contribution in [0.4, 0.5) is 0 Å². The van der Waals surface area contributed by atoms with Crippen LogP contribution < -0.4 is 45.3 Å². The molecule has 228 valence electrons. The number of hydrogen-bond acceptors (Lipinski definition) is 13. The Morgan fingerprint density at radius 1 is 1.18 bits per heavy atom. The third-order valence-electron chi connectivity index (χ3n) is 6.99. The molecule has 4 heterocycles. The van der Waals surface area contributed by atoms with E-state index in [1.54, 1.807) is 12.1 Å². The number of phenolic OH excluding ortho intramolecular Hbond substituents is 1. The molecule has 45 heavy (non-hydrogen) atoms. The zero-order valence-corrected chi connectivity index (χ0v) is 26.9. The van der Waals surface area contributed by atoms with Crippen LogP contribution in [0, 0.1) is 0 Å². The number of hydrogen-bond donors (Lipinski definition) is 4. The average Bonchev–Trinajstić information content (AvgIpc) is 3.01. The number of esters is 1. The topological polar surface area (TPSA) is 220 Å². The maximum absolute atomic E-state index is 13.8. The molecule has 3 amide bonds. The number of nitrogens with zero attached hydrogens (tertiary/aromatic N) is 3. The standard InChI is InChI=1S/C28H25N5O10S.Na/c1-13(34)43-11-15-12-44-27-28(42-2,26(41)33(27)21(15)25(39)40)32-24(38)19(14-5-7-16(35)8-6-14)31-23(37)17-10-30-18-4-3-9-29-20(18)22(17)36;/h3-10,19,27,35H,11-12H2,1-2H3,(H,30,36)(H,31,37)(H,32,38)(H,39,40);/q;+1/p-1/t19?,27-,28-;/m0./s1. The molecule has 4 N–H and O–H groups in total. The number of carbonyl (C=O) groups is 5. The molecular weight excluding hydrogens is 621 g/mol. The summed E-state index contributed by atoms with van der Waals surface area (Å²) >= 11 is 1.05. The predicted molar refractivity (Wildman–Crippen MR) is 149 cm³/mol. The first-order valence-corrected chi connectivity index (χ1v) is 13.9. The monoisotopic (exact) mass is 645 g/mol. The number of benzene rings is 1. The molecule has 15 nitrogen and oxygen atoms in total. The number of aromatic nitrogens is 2. The molecule has 17 heteroatoms. The summed E-state index contributed by atoms with van der Waals surface area (Å²) in [6, 6.07) is 6.97. The minimum absolute atomic E-state index is 0. The van der Waals surface area contributed by atoms with E-state index in [1.165, 1.54) is 30.5 Å². The van der Waals surface area contributed by atoms with Gasteiger partial charge < -0.3 is 40.2 Å². The second-order valence-corrected chi connectivity index (χ2v) is 10.7. The number of carboxylic acids is 1. The molecule has 0 spiro atoms. The first kappa shape index (κ1) is 33.7. The Morgan fingerprint density at radius 3 is 2.53 bits per heavy atom. The van der Waals surface area contributed by atoms with Crippen LogP contribution in [0.5, 0.6) is 11.5 Å². The van der Waals surface area contributed by atoms with Crippen molar-refractivity contribution in [3.8, 4) is 11.5 Å². The zero-order valence-electron chi connectivity index (χ0n) is 24.1.